The summed E-state index contributed by atoms with van der Waals surface area (Å²) in [6, 6.07) is 10.5. The number of rotatable bonds is 4. The summed E-state index contributed by atoms with van der Waals surface area (Å²) < 4.78 is 4.05. The van der Waals surface area contributed by atoms with Crippen LogP contribution in [-0.2, 0) is 24.8 Å². The standard InChI is InChI=1S/C20H24N4O/c1-22-14-16(18-8-2-3-9-19(18)22)13-20(25)24-12-5-4-7-17(24)15-23-11-6-10-21-23/h2-3,6,8-11,14,17H,4-5,7,12-13,15H2,1H3/t17-/m1/s1. The number of benzene rings is 1. The van der Waals surface area contributed by atoms with Crippen LogP contribution in [0.15, 0.2) is 48.9 Å². The summed E-state index contributed by atoms with van der Waals surface area (Å²) in [7, 11) is 2.04. The molecule has 1 saturated heterocycles. The molecule has 0 N–H and O–H groups in total. The van der Waals surface area contributed by atoms with E-state index in [1.807, 2.05) is 36.1 Å². The number of hydrogen-bond acceptors (Lipinski definition) is 2. The van der Waals surface area contributed by atoms with E-state index in [2.05, 4.69) is 32.9 Å². The third-order valence-corrected chi connectivity index (χ3v) is 5.23. The number of carbonyl (C=O) groups is 1. The number of aryl methyl sites for hydroxylation is 1. The molecule has 0 aliphatic carbocycles. The Bertz CT molecular complexity index is 865. The second-order valence-corrected chi connectivity index (χ2v) is 6.92. The molecule has 0 spiro atoms. The van der Waals surface area contributed by atoms with Crippen molar-refractivity contribution in [1.82, 2.24) is 19.2 Å². The Morgan fingerprint density at radius 2 is 2.12 bits per heavy atom. The average molecular weight is 336 g/mol. The molecule has 5 nitrogen and oxygen atoms in total. The lowest BCUT2D eigenvalue weighted by Crippen LogP contribution is -2.46. The van der Waals surface area contributed by atoms with Crippen LogP contribution in [0, 0.1) is 0 Å². The predicted octanol–water partition coefficient (Wildman–Crippen LogP) is 3.00. The maximum Gasteiger partial charge on any atom is 0.227 e. The first-order valence-electron chi connectivity index (χ1n) is 9.02. The van der Waals surface area contributed by atoms with Crippen molar-refractivity contribution < 1.29 is 4.79 Å². The van der Waals surface area contributed by atoms with Gasteiger partial charge in [0.2, 0.25) is 5.91 Å². The second-order valence-electron chi connectivity index (χ2n) is 6.92. The van der Waals surface area contributed by atoms with Crippen LogP contribution in [0.25, 0.3) is 10.9 Å². The van der Waals surface area contributed by atoms with Crippen LogP contribution >= 0.6 is 0 Å². The lowest BCUT2D eigenvalue weighted by Gasteiger charge is -2.35. The summed E-state index contributed by atoms with van der Waals surface area (Å²) in [6.45, 7) is 1.64. The van der Waals surface area contributed by atoms with Gasteiger partial charge in [0.05, 0.1) is 19.0 Å². The number of hydrogen-bond donors (Lipinski definition) is 0. The van der Waals surface area contributed by atoms with Gasteiger partial charge >= 0.3 is 0 Å². The number of piperidine rings is 1. The highest BCUT2D eigenvalue weighted by molar-refractivity contribution is 5.89. The molecule has 5 heteroatoms. The molecule has 2 aromatic heterocycles. The summed E-state index contributed by atoms with van der Waals surface area (Å²) in [4.78, 5) is 15.1. The fraction of sp³-hybridized carbons (Fsp3) is 0.400. The van der Waals surface area contributed by atoms with Crippen molar-refractivity contribution >= 4 is 16.8 Å². The Morgan fingerprint density at radius 3 is 2.96 bits per heavy atom. The van der Waals surface area contributed by atoms with Gasteiger partial charge in [0.25, 0.3) is 0 Å². The molecule has 0 radical (unpaired) electrons. The minimum Gasteiger partial charge on any atom is -0.350 e. The van der Waals surface area contributed by atoms with Crippen molar-refractivity contribution in [3.05, 3.63) is 54.5 Å². The molecular formula is C20H24N4O. The van der Waals surface area contributed by atoms with Crippen LogP contribution < -0.4 is 0 Å². The minimum atomic E-state index is 0.230. The predicted molar refractivity (Wildman–Crippen MR) is 98.2 cm³/mol. The van der Waals surface area contributed by atoms with Gasteiger partial charge in [-0.05, 0) is 37.0 Å². The topological polar surface area (TPSA) is 43.1 Å². The van der Waals surface area contributed by atoms with E-state index in [-0.39, 0.29) is 11.9 Å². The molecular weight excluding hydrogens is 312 g/mol. The van der Waals surface area contributed by atoms with Crippen molar-refractivity contribution in [3.63, 3.8) is 0 Å². The third-order valence-electron chi connectivity index (χ3n) is 5.23. The Morgan fingerprint density at radius 1 is 1.24 bits per heavy atom. The molecule has 0 unspecified atom stereocenters. The summed E-state index contributed by atoms with van der Waals surface area (Å²) in [5.41, 5.74) is 2.29. The number of nitrogens with zero attached hydrogens (tertiary/aromatic N) is 4. The van der Waals surface area contributed by atoms with Crippen LogP contribution in [0.4, 0.5) is 0 Å². The van der Waals surface area contributed by atoms with Gasteiger partial charge in [-0.3, -0.25) is 9.48 Å². The first-order chi connectivity index (χ1) is 12.2. The number of likely N-dealkylation sites (tertiary alicyclic amines) is 1. The normalized spacial score (nSPS) is 18.0. The van der Waals surface area contributed by atoms with E-state index in [9.17, 15) is 4.79 Å². The zero-order valence-corrected chi connectivity index (χ0v) is 14.6. The van der Waals surface area contributed by atoms with Gasteiger partial charge < -0.3 is 9.47 Å². The number of aromatic nitrogens is 3. The van der Waals surface area contributed by atoms with Crippen LogP contribution in [0.2, 0.25) is 0 Å². The van der Waals surface area contributed by atoms with Crippen LogP contribution in [0.1, 0.15) is 24.8 Å². The van der Waals surface area contributed by atoms with E-state index in [1.54, 1.807) is 6.20 Å². The summed E-state index contributed by atoms with van der Waals surface area (Å²) >= 11 is 0. The number of amides is 1. The highest BCUT2D eigenvalue weighted by Crippen LogP contribution is 2.24. The molecule has 1 aliphatic heterocycles. The van der Waals surface area contributed by atoms with Crippen molar-refractivity contribution in [2.75, 3.05) is 6.54 Å². The molecule has 130 valence electrons. The van der Waals surface area contributed by atoms with E-state index < -0.39 is 0 Å². The Balaban J connectivity index is 1.54. The Hall–Kier alpha value is -2.56. The molecule has 0 bridgehead atoms. The van der Waals surface area contributed by atoms with Gasteiger partial charge in [0.1, 0.15) is 0 Å². The second kappa shape index (κ2) is 6.75. The average Bonchev–Trinajstić information content (AvgIpc) is 3.24. The molecule has 1 fully saturated rings. The van der Waals surface area contributed by atoms with E-state index in [1.165, 1.54) is 17.3 Å². The summed E-state index contributed by atoms with van der Waals surface area (Å²) in [6.07, 6.45) is 9.67. The van der Waals surface area contributed by atoms with Crippen molar-refractivity contribution in [2.24, 2.45) is 7.05 Å². The lowest BCUT2D eigenvalue weighted by molar-refractivity contribution is -0.134. The van der Waals surface area contributed by atoms with Gasteiger partial charge in [0, 0.05) is 43.1 Å². The quantitative estimate of drug-likeness (QED) is 0.735. The molecule has 1 amide bonds. The molecule has 25 heavy (non-hydrogen) atoms. The molecule has 4 rings (SSSR count). The molecule has 3 heterocycles. The van der Waals surface area contributed by atoms with E-state index >= 15 is 0 Å². The highest BCUT2D eigenvalue weighted by atomic mass is 16.2. The van der Waals surface area contributed by atoms with E-state index in [0.717, 1.165) is 31.5 Å². The molecule has 1 atom stereocenters. The minimum absolute atomic E-state index is 0.230. The van der Waals surface area contributed by atoms with Gasteiger partial charge in [-0.2, -0.15) is 5.10 Å². The van der Waals surface area contributed by atoms with Crippen LogP contribution in [0.5, 0.6) is 0 Å². The van der Waals surface area contributed by atoms with Crippen LogP contribution in [-0.4, -0.2) is 37.7 Å². The van der Waals surface area contributed by atoms with Crippen molar-refractivity contribution in [1.29, 1.82) is 0 Å². The maximum absolute atomic E-state index is 13.0. The van der Waals surface area contributed by atoms with Gasteiger partial charge in [-0.15, -0.1) is 0 Å². The Labute approximate surface area is 147 Å². The SMILES string of the molecule is Cn1cc(CC(=O)N2CCCC[C@@H]2Cn2cccn2)c2ccccc21. The highest BCUT2D eigenvalue weighted by Gasteiger charge is 2.27. The largest absolute Gasteiger partial charge is 0.350 e. The van der Waals surface area contributed by atoms with Crippen molar-refractivity contribution in [3.8, 4) is 0 Å². The summed E-state index contributed by atoms with van der Waals surface area (Å²) in [5, 5.41) is 5.49. The molecule has 3 aromatic rings. The first kappa shape index (κ1) is 15.9. The molecule has 1 aromatic carbocycles. The zero-order valence-electron chi connectivity index (χ0n) is 14.6. The number of para-hydroxylation sites is 1. The number of carbonyl (C=O) groups excluding carboxylic acids is 1. The van der Waals surface area contributed by atoms with Gasteiger partial charge in [-0.1, -0.05) is 18.2 Å². The van der Waals surface area contributed by atoms with Crippen LogP contribution in [0.3, 0.4) is 0 Å². The fourth-order valence-corrected chi connectivity index (χ4v) is 3.97. The monoisotopic (exact) mass is 336 g/mol. The van der Waals surface area contributed by atoms with E-state index in [0.29, 0.717) is 6.42 Å². The zero-order chi connectivity index (χ0) is 17.2. The first-order valence-corrected chi connectivity index (χ1v) is 9.02. The Kier molecular flexibility index (Phi) is 4.30. The fourth-order valence-electron chi connectivity index (χ4n) is 3.97. The van der Waals surface area contributed by atoms with Gasteiger partial charge in [0.15, 0.2) is 0 Å². The summed E-state index contributed by atoms with van der Waals surface area (Å²) in [5.74, 6) is 0.230. The molecule has 1 aliphatic rings. The third kappa shape index (κ3) is 3.18. The maximum atomic E-state index is 13.0. The van der Waals surface area contributed by atoms with E-state index in [4.69, 9.17) is 0 Å². The lowest BCUT2D eigenvalue weighted by atomic mass is 10.0. The number of fused-ring (bicyclic) bond motifs is 1. The van der Waals surface area contributed by atoms with Gasteiger partial charge in [-0.25, -0.2) is 0 Å². The smallest absolute Gasteiger partial charge is 0.227 e. The van der Waals surface area contributed by atoms with Crippen molar-refractivity contribution in [2.45, 2.75) is 38.3 Å². The molecule has 0 saturated carbocycles.